The molecule has 1 aromatic rings. The second-order valence-electron chi connectivity index (χ2n) is 4.82. The molecule has 1 unspecified atom stereocenters. The molecule has 1 fully saturated rings. The third kappa shape index (κ3) is 2.86. The van der Waals surface area contributed by atoms with Crippen molar-refractivity contribution in [2.45, 2.75) is 31.7 Å². The fraction of sp³-hybridized carbons (Fsp3) is 0.500. The molecule has 2 N–H and O–H groups in total. The zero-order valence-electron chi connectivity index (χ0n) is 10.3. The number of nitrogens with zero attached hydrogens (tertiary/aromatic N) is 1. The minimum Gasteiger partial charge on any atom is -0.341 e. The van der Waals surface area contributed by atoms with Gasteiger partial charge in [0.15, 0.2) is 0 Å². The van der Waals surface area contributed by atoms with Gasteiger partial charge in [0.1, 0.15) is 0 Å². The Labute approximate surface area is 103 Å². The van der Waals surface area contributed by atoms with Gasteiger partial charge < -0.3 is 10.6 Å². The largest absolute Gasteiger partial charge is 0.341 e. The summed E-state index contributed by atoms with van der Waals surface area (Å²) < 4.78 is 0. The first kappa shape index (κ1) is 12.1. The lowest BCUT2D eigenvalue weighted by molar-refractivity contribution is -0.133. The van der Waals surface area contributed by atoms with Crippen LogP contribution in [-0.4, -0.2) is 29.9 Å². The number of nitrogens with two attached hydrogens (primary N) is 1. The lowest BCUT2D eigenvalue weighted by atomic mass is 9.98. The molecular weight excluding hydrogens is 212 g/mol. The number of hydrogen-bond donors (Lipinski definition) is 1. The number of benzene rings is 1. The van der Waals surface area contributed by atoms with Gasteiger partial charge in [-0.15, -0.1) is 0 Å². The van der Waals surface area contributed by atoms with Crippen molar-refractivity contribution < 1.29 is 4.79 Å². The van der Waals surface area contributed by atoms with E-state index in [0.29, 0.717) is 6.54 Å². The van der Waals surface area contributed by atoms with Crippen molar-refractivity contribution in [1.82, 2.24) is 4.90 Å². The average molecular weight is 232 g/mol. The zero-order valence-corrected chi connectivity index (χ0v) is 10.3. The summed E-state index contributed by atoms with van der Waals surface area (Å²) in [4.78, 5) is 14.2. The standard InChI is InChI=1S/C14H20N2O/c1-11(12-6-3-2-4-7-12)14(17)16-9-5-8-13(15)10-16/h2-4,6-7,11,13H,5,8-10,15H2,1H3/t11?,13-/m1/s1. The van der Waals surface area contributed by atoms with Crippen LogP contribution in [0.25, 0.3) is 0 Å². The summed E-state index contributed by atoms with van der Waals surface area (Å²) in [5, 5.41) is 0. The van der Waals surface area contributed by atoms with Crippen LogP contribution in [0.2, 0.25) is 0 Å². The molecule has 1 amide bonds. The van der Waals surface area contributed by atoms with Crippen molar-refractivity contribution in [2.24, 2.45) is 5.73 Å². The van der Waals surface area contributed by atoms with Crippen LogP contribution in [-0.2, 0) is 4.79 Å². The number of likely N-dealkylation sites (tertiary alicyclic amines) is 1. The summed E-state index contributed by atoms with van der Waals surface area (Å²) in [6, 6.07) is 10.1. The molecule has 1 aliphatic heterocycles. The second kappa shape index (κ2) is 5.32. The molecule has 0 radical (unpaired) electrons. The topological polar surface area (TPSA) is 46.3 Å². The van der Waals surface area contributed by atoms with Gasteiger partial charge in [-0.05, 0) is 25.3 Å². The van der Waals surface area contributed by atoms with Crippen LogP contribution in [0.5, 0.6) is 0 Å². The number of piperidine rings is 1. The maximum absolute atomic E-state index is 12.3. The number of carbonyl (C=O) groups is 1. The molecule has 2 atom stereocenters. The van der Waals surface area contributed by atoms with Gasteiger partial charge in [-0.3, -0.25) is 4.79 Å². The van der Waals surface area contributed by atoms with Crippen molar-refractivity contribution in [1.29, 1.82) is 0 Å². The Morgan fingerprint density at radius 1 is 1.41 bits per heavy atom. The Balaban J connectivity index is 2.04. The summed E-state index contributed by atoms with van der Waals surface area (Å²) >= 11 is 0. The highest BCUT2D eigenvalue weighted by Crippen LogP contribution is 2.20. The lowest BCUT2D eigenvalue weighted by Crippen LogP contribution is -2.47. The monoisotopic (exact) mass is 232 g/mol. The molecule has 0 aliphatic carbocycles. The van der Waals surface area contributed by atoms with E-state index in [1.807, 2.05) is 42.2 Å². The average Bonchev–Trinajstić information content (AvgIpc) is 2.38. The zero-order chi connectivity index (χ0) is 12.3. The Kier molecular flexibility index (Phi) is 3.79. The van der Waals surface area contributed by atoms with Crippen LogP contribution >= 0.6 is 0 Å². The van der Waals surface area contributed by atoms with Gasteiger partial charge in [-0.1, -0.05) is 30.3 Å². The highest BCUT2D eigenvalue weighted by atomic mass is 16.2. The van der Waals surface area contributed by atoms with Crippen LogP contribution < -0.4 is 5.73 Å². The number of carbonyl (C=O) groups excluding carboxylic acids is 1. The molecule has 1 aliphatic rings. The van der Waals surface area contributed by atoms with Crippen LogP contribution in [0.4, 0.5) is 0 Å². The van der Waals surface area contributed by atoms with Crippen LogP contribution in [0.1, 0.15) is 31.2 Å². The van der Waals surface area contributed by atoms with Crippen LogP contribution in [0.15, 0.2) is 30.3 Å². The molecule has 2 rings (SSSR count). The van der Waals surface area contributed by atoms with E-state index in [1.165, 1.54) is 0 Å². The predicted molar refractivity (Wildman–Crippen MR) is 68.6 cm³/mol. The van der Waals surface area contributed by atoms with E-state index in [1.54, 1.807) is 0 Å². The highest BCUT2D eigenvalue weighted by molar-refractivity contribution is 5.83. The molecule has 1 aromatic carbocycles. The van der Waals surface area contributed by atoms with Gasteiger partial charge in [0.2, 0.25) is 5.91 Å². The molecule has 1 saturated heterocycles. The second-order valence-corrected chi connectivity index (χ2v) is 4.82. The maximum Gasteiger partial charge on any atom is 0.229 e. The van der Waals surface area contributed by atoms with E-state index < -0.39 is 0 Å². The molecule has 0 saturated carbocycles. The van der Waals surface area contributed by atoms with Gasteiger partial charge in [-0.25, -0.2) is 0 Å². The SMILES string of the molecule is CC(C(=O)N1CCC[C@@H](N)C1)c1ccccc1. The molecule has 0 aromatic heterocycles. The Morgan fingerprint density at radius 3 is 2.76 bits per heavy atom. The third-order valence-electron chi connectivity index (χ3n) is 3.44. The smallest absolute Gasteiger partial charge is 0.229 e. The fourth-order valence-corrected chi connectivity index (χ4v) is 2.37. The van der Waals surface area contributed by atoms with Gasteiger partial charge in [0.05, 0.1) is 5.92 Å². The van der Waals surface area contributed by atoms with Crippen molar-refractivity contribution >= 4 is 5.91 Å². The van der Waals surface area contributed by atoms with Crippen molar-refractivity contribution in [3.8, 4) is 0 Å². The normalized spacial score (nSPS) is 22.2. The number of amides is 1. The van der Waals surface area contributed by atoms with Crippen molar-refractivity contribution in [3.63, 3.8) is 0 Å². The fourth-order valence-electron chi connectivity index (χ4n) is 2.37. The van der Waals surface area contributed by atoms with Gasteiger partial charge in [0, 0.05) is 19.1 Å². The molecule has 92 valence electrons. The molecule has 0 bridgehead atoms. The van der Waals surface area contributed by atoms with Crippen LogP contribution in [0.3, 0.4) is 0 Å². The maximum atomic E-state index is 12.3. The quantitative estimate of drug-likeness (QED) is 0.844. The van der Waals surface area contributed by atoms with Gasteiger partial charge in [0.25, 0.3) is 0 Å². The Morgan fingerprint density at radius 2 is 2.12 bits per heavy atom. The molecule has 1 heterocycles. The minimum atomic E-state index is -0.0681. The summed E-state index contributed by atoms with van der Waals surface area (Å²) in [6.07, 6.45) is 2.05. The van der Waals surface area contributed by atoms with E-state index in [4.69, 9.17) is 5.73 Å². The first-order valence-electron chi connectivity index (χ1n) is 6.28. The van der Waals surface area contributed by atoms with Gasteiger partial charge >= 0.3 is 0 Å². The van der Waals surface area contributed by atoms with E-state index in [0.717, 1.165) is 24.9 Å². The molecule has 0 spiro atoms. The lowest BCUT2D eigenvalue weighted by Gasteiger charge is -2.32. The highest BCUT2D eigenvalue weighted by Gasteiger charge is 2.25. The van der Waals surface area contributed by atoms with Crippen LogP contribution in [0, 0.1) is 0 Å². The van der Waals surface area contributed by atoms with Crippen molar-refractivity contribution in [3.05, 3.63) is 35.9 Å². The third-order valence-corrected chi connectivity index (χ3v) is 3.44. The summed E-state index contributed by atoms with van der Waals surface area (Å²) in [5.41, 5.74) is 6.99. The first-order chi connectivity index (χ1) is 8.18. The molecular formula is C14H20N2O. The molecule has 3 heteroatoms. The molecule has 17 heavy (non-hydrogen) atoms. The summed E-state index contributed by atoms with van der Waals surface area (Å²) in [5.74, 6) is 0.132. The minimum absolute atomic E-state index is 0.0681. The predicted octanol–water partition coefficient (Wildman–Crippen LogP) is 1.74. The Hall–Kier alpha value is -1.35. The van der Waals surface area contributed by atoms with Gasteiger partial charge in [-0.2, -0.15) is 0 Å². The van der Waals surface area contributed by atoms with E-state index in [-0.39, 0.29) is 17.9 Å². The van der Waals surface area contributed by atoms with E-state index >= 15 is 0 Å². The van der Waals surface area contributed by atoms with Crippen molar-refractivity contribution in [2.75, 3.05) is 13.1 Å². The summed E-state index contributed by atoms with van der Waals surface area (Å²) in [6.45, 7) is 3.53. The van der Waals surface area contributed by atoms with E-state index in [2.05, 4.69) is 0 Å². The Bertz CT molecular complexity index is 377. The van der Waals surface area contributed by atoms with E-state index in [9.17, 15) is 4.79 Å². The first-order valence-corrected chi connectivity index (χ1v) is 6.28. The summed E-state index contributed by atoms with van der Waals surface area (Å²) in [7, 11) is 0. The molecule has 3 nitrogen and oxygen atoms in total. The number of hydrogen-bond acceptors (Lipinski definition) is 2. The number of rotatable bonds is 2.